The Hall–Kier alpha value is -3.73. The summed E-state index contributed by atoms with van der Waals surface area (Å²) in [4.78, 5) is 12.4. The van der Waals surface area contributed by atoms with E-state index < -0.39 is 21.7 Å². The van der Waals surface area contributed by atoms with Crippen LogP contribution < -0.4 is 15.0 Å². The number of fused-ring (bicyclic) bond motifs is 1. The van der Waals surface area contributed by atoms with E-state index in [0.29, 0.717) is 17.2 Å². The number of rotatable bonds is 6. The van der Waals surface area contributed by atoms with Gasteiger partial charge in [0.25, 0.3) is 5.56 Å². The van der Waals surface area contributed by atoms with Crippen LogP contribution in [0.5, 0.6) is 11.5 Å². The van der Waals surface area contributed by atoms with E-state index in [9.17, 15) is 22.0 Å². The Bertz CT molecular complexity index is 1500. The van der Waals surface area contributed by atoms with Crippen LogP contribution in [0.3, 0.4) is 0 Å². The Labute approximate surface area is 181 Å². The van der Waals surface area contributed by atoms with Crippen molar-refractivity contribution < 1.29 is 26.5 Å². The molecule has 0 atom stereocenters. The molecule has 166 valence electrons. The van der Waals surface area contributed by atoms with Crippen LogP contribution in [0.25, 0.3) is 22.0 Å². The molecule has 0 bridgehead atoms. The highest BCUT2D eigenvalue weighted by Crippen LogP contribution is 2.38. The molecule has 32 heavy (non-hydrogen) atoms. The standard InChI is InChI=1S/C21H17F2N3O5S/c1-3-32(28,29)25-13-5-7-18(31-19-6-4-12(22)8-17(19)23)14(9-13)15-10-26(2)21(27)16-11-30-24-20(15)16/h4-11,25H,3H2,1-2H3. The number of pyridine rings is 1. The molecule has 0 saturated heterocycles. The molecule has 11 heteroatoms. The van der Waals surface area contributed by atoms with Crippen molar-refractivity contribution in [1.29, 1.82) is 0 Å². The van der Waals surface area contributed by atoms with Crippen molar-refractivity contribution >= 4 is 26.6 Å². The summed E-state index contributed by atoms with van der Waals surface area (Å²) < 4.78 is 66.0. The molecule has 0 aliphatic heterocycles. The van der Waals surface area contributed by atoms with Crippen molar-refractivity contribution in [1.82, 2.24) is 9.72 Å². The summed E-state index contributed by atoms with van der Waals surface area (Å²) in [5, 5.41) is 4.09. The summed E-state index contributed by atoms with van der Waals surface area (Å²) in [6, 6.07) is 7.20. The van der Waals surface area contributed by atoms with Crippen molar-refractivity contribution in [2.24, 2.45) is 7.05 Å². The summed E-state index contributed by atoms with van der Waals surface area (Å²) in [5.74, 6) is -1.94. The highest BCUT2D eigenvalue weighted by molar-refractivity contribution is 7.92. The first-order chi connectivity index (χ1) is 15.2. The Balaban J connectivity index is 1.93. The summed E-state index contributed by atoms with van der Waals surface area (Å²) in [7, 11) is -2.05. The molecular weight excluding hydrogens is 444 g/mol. The number of nitrogens with zero attached hydrogens (tertiary/aromatic N) is 2. The monoisotopic (exact) mass is 461 g/mol. The highest BCUT2D eigenvalue weighted by atomic mass is 32.2. The molecule has 4 rings (SSSR count). The van der Waals surface area contributed by atoms with Crippen molar-refractivity contribution in [3.8, 4) is 22.6 Å². The average Bonchev–Trinajstić information content (AvgIpc) is 3.24. The van der Waals surface area contributed by atoms with Crippen LogP contribution in [0.2, 0.25) is 0 Å². The molecule has 1 N–H and O–H groups in total. The Morgan fingerprint density at radius 2 is 1.88 bits per heavy atom. The van der Waals surface area contributed by atoms with E-state index in [1.807, 2.05) is 0 Å². The predicted molar refractivity (Wildman–Crippen MR) is 114 cm³/mol. The number of hydrogen-bond acceptors (Lipinski definition) is 6. The minimum atomic E-state index is -3.58. The van der Waals surface area contributed by atoms with Gasteiger partial charge in [-0.15, -0.1) is 0 Å². The number of aryl methyl sites for hydroxylation is 1. The van der Waals surface area contributed by atoms with E-state index in [1.165, 1.54) is 49.2 Å². The van der Waals surface area contributed by atoms with Gasteiger partial charge in [-0.2, -0.15) is 0 Å². The van der Waals surface area contributed by atoms with Crippen LogP contribution >= 0.6 is 0 Å². The second kappa shape index (κ2) is 8.08. The fraction of sp³-hybridized carbons (Fsp3) is 0.143. The number of halogens is 2. The Morgan fingerprint density at radius 3 is 2.59 bits per heavy atom. The van der Waals surface area contributed by atoms with Crippen LogP contribution in [0.1, 0.15) is 6.92 Å². The molecule has 4 aromatic rings. The van der Waals surface area contributed by atoms with Crippen molar-refractivity contribution in [2.75, 3.05) is 10.5 Å². The molecule has 0 spiro atoms. The number of benzene rings is 2. The number of hydrogen-bond donors (Lipinski definition) is 1. The molecule has 2 aromatic carbocycles. The zero-order valence-corrected chi connectivity index (χ0v) is 17.7. The summed E-state index contributed by atoms with van der Waals surface area (Å²) >= 11 is 0. The summed E-state index contributed by atoms with van der Waals surface area (Å²) in [6.07, 6.45) is 2.68. The van der Waals surface area contributed by atoms with Crippen LogP contribution in [-0.4, -0.2) is 23.9 Å². The van der Waals surface area contributed by atoms with Gasteiger partial charge in [-0.3, -0.25) is 9.52 Å². The molecule has 2 aromatic heterocycles. The summed E-state index contributed by atoms with van der Waals surface area (Å²) in [6.45, 7) is 1.49. The third-order valence-electron chi connectivity index (χ3n) is 4.74. The van der Waals surface area contributed by atoms with Gasteiger partial charge in [-0.05, 0) is 37.3 Å². The van der Waals surface area contributed by atoms with Gasteiger partial charge in [0.1, 0.15) is 28.7 Å². The fourth-order valence-corrected chi connectivity index (χ4v) is 3.73. The lowest BCUT2D eigenvalue weighted by Crippen LogP contribution is -2.16. The topological polar surface area (TPSA) is 103 Å². The number of ether oxygens (including phenoxy) is 1. The van der Waals surface area contributed by atoms with Crippen LogP contribution in [0.4, 0.5) is 14.5 Å². The molecule has 0 fully saturated rings. The largest absolute Gasteiger partial charge is 0.454 e. The number of sulfonamides is 1. The number of aromatic nitrogens is 2. The van der Waals surface area contributed by atoms with E-state index in [2.05, 4.69) is 9.88 Å². The smallest absolute Gasteiger partial charge is 0.263 e. The van der Waals surface area contributed by atoms with Gasteiger partial charge in [-0.25, -0.2) is 17.2 Å². The maximum atomic E-state index is 14.2. The minimum absolute atomic E-state index is 0.123. The number of anilines is 1. The minimum Gasteiger partial charge on any atom is -0.454 e. The molecule has 0 saturated carbocycles. The average molecular weight is 461 g/mol. The fourth-order valence-electron chi connectivity index (χ4n) is 3.10. The predicted octanol–water partition coefficient (Wildman–Crippen LogP) is 4.03. The summed E-state index contributed by atoms with van der Waals surface area (Å²) in [5.41, 5.74) is 0.776. The second-order valence-electron chi connectivity index (χ2n) is 6.93. The molecule has 8 nitrogen and oxygen atoms in total. The molecule has 0 radical (unpaired) electrons. The van der Waals surface area contributed by atoms with Gasteiger partial charge in [0.05, 0.1) is 5.75 Å². The van der Waals surface area contributed by atoms with Crippen LogP contribution in [0, 0.1) is 11.6 Å². The molecule has 2 heterocycles. The van der Waals surface area contributed by atoms with Gasteiger partial charge < -0.3 is 13.8 Å². The first-order valence-electron chi connectivity index (χ1n) is 9.40. The van der Waals surface area contributed by atoms with Crippen LogP contribution in [0.15, 0.2) is 58.2 Å². The van der Waals surface area contributed by atoms with Crippen molar-refractivity contribution in [3.05, 3.63) is 70.8 Å². The van der Waals surface area contributed by atoms with Crippen LogP contribution in [-0.2, 0) is 17.1 Å². The molecule has 0 amide bonds. The first-order valence-corrected chi connectivity index (χ1v) is 11.1. The Kier molecular flexibility index (Phi) is 5.43. The number of nitrogens with one attached hydrogen (secondary N) is 1. The quantitative estimate of drug-likeness (QED) is 0.465. The maximum Gasteiger partial charge on any atom is 0.263 e. The lowest BCUT2D eigenvalue weighted by Gasteiger charge is -2.15. The van der Waals surface area contributed by atoms with Gasteiger partial charge in [0.2, 0.25) is 10.0 Å². The van der Waals surface area contributed by atoms with E-state index in [1.54, 1.807) is 0 Å². The maximum absolute atomic E-state index is 14.2. The van der Waals surface area contributed by atoms with Gasteiger partial charge in [-0.1, -0.05) is 5.16 Å². The highest BCUT2D eigenvalue weighted by Gasteiger charge is 2.19. The van der Waals surface area contributed by atoms with Crippen molar-refractivity contribution in [3.63, 3.8) is 0 Å². The first kappa shape index (κ1) is 21.5. The zero-order valence-electron chi connectivity index (χ0n) is 16.9. The molecule has 0 unspecified atom stereocenters. The third kappa shape index (κ3) is 4.06. The van der Waals surface area contributed by atoms with E-state index >= 15 is 0 Å². The molecule has 0 aliphatic carbocycles. The van der Waals surface area contributed by atoms with E-state index in [-0.39, 0.29) is 39.4 Å². The lowest BCUT2D eigenvalue weighted by atomic mass is 10.0. The molecule has 0 aliphatic rings. The van der Waals surface area contributed by atoms with Crippen molar-refractivity contribution in [2.45, 2.75) is 6.92 Å². The van der Waals surface area contributed by atoms with E-state index in [0.717, 1.165) is 12.1 Å². The lowest BCUT2D eigenvalue weighted by molar-refractivity contribution is 0.428. The van der Waals surface area contributed by atoms with Gasteiger partial charge in [0.15, 0.2) is 11.6 Å². The zero-order chi connectivity index (χ0) is 23.0. The van der Waals surface area contributed by atoms with Gasteiger partial charge in [0, 0.05) is 36.1 Å². The van der Waals surface area contributed by atoms with Gasteiger partial charge >= 0.3 is 0 Å². The van der Waals surface area contributed by atoms with E-state index in [4.69, 9.17) is 9.26 Å². The normalized spacial score (nSPS) is 11.6. The Morgan fingerprint density at radius 1 is 1.12 bits per heavy atom. The second-order valence-corrected chi connectivity index (χ2v) is 8.94. The third-order valence-corrected chi connectivity index (χ3v) is 6.04. The molecular formula is C21H17F2N3O5S. The SMILES string of the molecule is CCS(=O)(=O)Nc1ccc(Oc2ccc(F)cc2F)c(-c2cn(C)c(=O)c3conc23)c1.